The normalized spacial score (nSPS) is 12.4. The van der Waals surface area contributed by atoms with Crippen molar-refractivity contribution in [1.29, 1.82) is 0 Å². The fourth-order valence-corrected chi connectivity index (χ4v) is 4.19. The molecule has 1 N–H and O–H groups in total. The number of rotatable bonds is 8. The number of amides is 1. The Morgan fingerprint density at radius 2 is 1.90 bits per heavy atom. The fraction of sp³-hybridized carbons (Fsp3) is 0.440. The van der Waals surface area contributed by atoms with E-state index in [1.807, 2.05) is 61.4 Å². The highest BCUT2D eigenvalue weighted by Crippen LogP contribution is 2.29. The molecule has 6 heteroatoms. The third-order valence-corrected chi connectivity index (χ3v) is 5.94. The van der Waals surface area contributed by atoms with Crippen LogP contribution in [0.1, 0.15) is 41.9 Å². The summed E-state index contributed by atoms with van der Waals surface area (Å²) in [5.41, 5.74) is 7.04. The van der Waals surface area contributed by atoms with Crippen molar-refractivity contribution < 1.29 is 14.6 Å². The van der Waals surface area contributed by atoms with Crippen LogP contribution >= 0.6 is 0 Å². The summed E-state index contributed by atoms with van der Waals surface area (Å²) in [6.45, 7) is 10.5. The Balaban J connectivity index is 2.09. The maximum absolute atomic E-state index is 13.8. The lowest BCUT2D eigenvalue weighted by Crippen LogP contribution is -2.44. The van der Waals surface area contributed by atoms with Crippen LogP contribution in [0.2, 0.25) is 0 Å². The Kier molecular flexibility index (Phi) is 7.13. The lowest BCUT2D eigenvalue weighted by molar-refractivity contribution is -0.119. The zero-order chi connectivity index (χ0) is 22.7. The summed E-state index contributed by atoms with van der Waals surface area (Å²) in [4.78, 5) is 20.2. The van der Waals surface area contributed by atoms with Crippen molar-refractivity contribution in [3.63, 3.8) is 0 Å². The summed E-state index contributed by atoms with van der Waals surface area (Å²) >= 11 is 0. The lowest BCUT2D eigenvalue weighted by atomic mass is 10.0. The van der Waals surface area contributed by atoms with Gasteiger partial charge in [-0.05, 0) is 68.5 Å². The second-order valence-corrected chi connectivity index (χ2v) is 8.20. The molecule has 3 aromatic rings. The van der Waals surface area contributed by atoms with Gasteiger partial charge in [-0.25, -0.2) is 4.98 Å². The van der Waals surface area contributed by atoms with Gasteiger partial charge in [0.1, 0.15) is 19.0 Å². The summed E-state index contributed by atoms with van der Waals surface area (Å²) in [6, 6.07) is 10.0. The molecule has 1 heterocycles. The number of aliphatic hydroxyl groups is 1. The zero-order valence-corrected chi connectivity index (χ0v) is 19.4. The van der Waals surface area contributed by atoms with E-state index < -0.39 is 0 Å². The zero-order valence-electron chi connectivity index (χ0n) is 19.4. The number of methoxy groups -OCH3 is 1. The van der Waals surface area contributed by atoms with Gasteiger partial charge >= 0.3 is 0 Å². The van der Waals surface area contributed by atoms with Crippen molar-refractivity contribution in [2.24, 2.45) is 0 Å². The van der Waals surface area contributed by atoms with Gasteiger partial charge in [-0.3, -0.25) is 4.79 Å². The smallest absolute Gasteiger partial charge is 0.247 e. The Bertz CT molecular complexity index is 1090. The van der Waals surface area contributed by atoms with Crippen LogP contribution in [-0.4, -0.2) is 40.3 Å². The minimum atomic E-state index is -0.224. The maximum Gasteiger partial charge on any atom is 0.247 e. The molecule has 31 heavy (non-hydrogen) atoms. The molecular formula is C25H33N3O3. The van der Waals surface area contributed by atoms with E-state index in [2.05, 4.69) is 18.0 Å². The summed E-state index contributed by atoms with van der Waals surface area (Å²) in [5, 5.41) is 9.92. The number of hydrogen-bond donors (Lipinski definition) is 1. The minimum absolute atomic E-state index is 0.0548. The molecule has 3 rings (SSSR count). The lowest BCUT2D eigenvalue weighted by Gasteiger charge is -2.32. The van der Waals surface area contributed by atoms with Crippen molar-refractivity contribution >= 4 is 22.6 Å². The molecule has 2 aromatic carbocycles. The molecule has 1 aromatic heterocycles. The van der Waals surface area contributed by atoms with Gasteiger partial charge < -0.3 is 19.3 Å². The van der Waals surface area contributed by atoms with Gasteiger partial charge in [-0.15, -0.1) is 0 Å². The molecule has 0 bridgehead atoms. The maximum atomic E-state index is 13.8. The van der Waals surface area contributed by atoms with E-state index in [9.17, 15) is 9.90 Å². The predicted octanol–water partition coefficient (Wildman–Crippen LogP) is 4.08. The molecule has 166 valence electrons. The van der Waals surface area contributed by atoms with Gasteiger partial charge in [0.15, 0.2) is 0 Å². The average molecular weight is 424 g/mol. The van der Waals surface area contributed by atoms with Crippen LogP contribution in [-0.2, 0) is 29.1 Å². The third kappa shape index (κ3) is 4.50. The molecule has 0 radical (unpaired) electrons. The van der Waals surface area contributed by atoms with Crippen molar-refractivity contribution in [1.82, 2.24) is 9.55 Å². The molecule has 0 aliphatic heterocycles. The van der Waals surface area contributed by atoms with Crippen molar-refractivity contribution in [2.75, 3.05) is 18.6 Å². The number of hydrogen-bond acceptors (Lipinski definition) is 4. The third-order valence-electron chi connectivity index (χ3n) is 5.94. The SMILES string of the molecule is CCc1cccc(C)c1N(C(=O)Cn1c(CO)nc2cc(C)c(C)cc21)C(C)COC. The number of nitrogens with zero attached hydrogens (tertiary/aromatic N) is 3. The number of ether oxygens (including phenoxy) is 1. The molecule has 6 nitrogen and oxygen atoms in total. The van der Waals surface area contributed by atoms with Gasteiger partial charge in [0.2, 0.25) is 5.91 Å². The number of aliphatic hydroxyl groups excluding tert-OH is 1. The molecule has 0 fully saturated rings. The monoisotopic (exact) mass is 423 g/mol. The molecule has 0 spiro atoms. The van der Waals surface area contributed by atoms with E-state index in [-0.39, 0.29) is 25.1 Å². The quantitative estimate of drug-likeness (QED) is 0.593. The first-order valence-electron chi connectivity index (χ1n) is 10.8. The first-order chi connectivity index (χ1) is 14.8. The van der Waals surface area contributed by atoms with E-state index in [1.54, 1.807) is 7.11 Å². The number of aromatic nitrogens is 2. The van der Waals surface area contributed by atoms with Crippen LogP contribution in [0.25, 0.3) is 11.0 Å². The van der Waals surface area contributed by atoms with Crippen LogP contribution in [0.3, 0.4) is 0 Å². The first-order valence-corrected chi connectivity index (χ1v) is 10.8. The molecule has 0 saturated heterocycles. The van der Waals surface area contributed by atoms with E-state index in [1.165, 1.54) is 0 Å². The van der Waals surface area contributed by atoms with Crippen molar-refractivity contribution in [3.05, 3.63) is 58.4 Å². The Morgan fingerprint density at radius 1 is 1.19 bits per heavy atom. The number of para-hydroxylation sites is 1. The molecule has 0 saturated carbocycles. The fourth-order valence-electron chi connectivity index (χ4n) is 4.19. The van der Waals surface area contributed by atoms with Crippen LogP contribution in [0, 0.1) is 20.8 Å². The minimum Gasteiger partial charge on any atom is -0.388 e. The van der Waals surface area contributed by atoms with E-state index in [0.717, 1.165) is 45.4 Å². The topological polar surface area (TPSA) is 67.6 Å². The highest BCUT2D eigenvalue weighted by Gasteiger charge is 2.27. The highest BCUT2D eigenvalue weighted by molar-refractivity contribution is 5.96. The number of imidazole rings is 1. The summed E-state index contributed by atoms with van der Waals surface area (Å²) in [6.07, 6.45) is 0.828. The first kappa shape index (κ1) is 23.0. The molecular weight excluding hydrogens is 390 g/mol. The van der Waals surface area contributed by atoms with Gasteiger partial charge in [-0.1, -0.05) is 25.1 Å². The summed E-state index contributed by atoms with van der Waals surface area (Å²) < 4.78 is 7.23. The summed E-state index contributed by atoms with van der Waals surface area (Å²) in [7, 11) is 1.65. The number of fused-ring (bicyclic) bond motifs is 1. The van der Waals surface area contributed by atoms with Crippen molar-refractivity contribution in [2.45, 2.75) is 60.2 Å². The number of carbonyl (C=O) groups is 1. The number of benzene rings is 2. The predicted molar refractivity (Wildman–Crippen MR) is 125 cm³/mol. The van der Waals surface area contributed by atoms with Crippen LogP contribution in [0.15, 0.2) is 30.3 Å². The van der Waals surface area contributed by atoms with Crippen LogP contribution < -0.4 is 4.90 Å². The number of carbonyl (C=O) groups excluding carboxylic acids is 1. The molecule has 1 unspecified atom stereocenters. The standard InChI is InChI=1S/C25H33N3O3/c1-7-20-10-8-9-16(2)25(20)28(19(5)15-31-6)24(30)13-27-22-12-18(4)17(3)11-21(22)26-23(27)14-29/h8-12,19,29H,7,13-15H2,1-6H3. The highest BCUT2D eigenvalue weighted by atomic mass is 16.5. The molecule has 0 aliphatic rings. The number of aryl methyl sites for hydroxylation is 4. The van der Waals surface area contributed by atoms with Crippen molar-refractivity contribution in [3.8, 4) is 0 Å². The molecule has 1 amide bonds. The second kappa shape index (κ2) is 9.62. The summed E-state index contributed by atoms with van der Waals surface area (Å²) in [5.74, 6) is 0.439. The average Bonchev–Trinajstić information content (AvgIpc) is 3.06. The van der Waals surface area contributed by atoms with E-state index in [4.69, 9.17) is 4.74 Å². The van der Waals surface area contributed by atoms with E-state index >= 15 is 0 Å². The Morgan fingerprint density at radius 3 is 2.55 bits per heavy atom. The van der Waals surface area contributed by atoms with Gasteiger partial charge in [-0.2, -0.15) is 0 Å². The van der Waals surface area contributed by atoms with Gasteiger partial charge in [0.05, 0.1) is 29.4 Å². The molecule has 1 atom stereocenters. The van der Waals surface area contributed by atoms with Crippen LogP contribution in [0.5, 0.6) is 0 Å². The van der Waals surface area contributed by atoms with Crippen LogP contribution in [0.4, 0.5) is 5.69 Å². The van der Waals surface area contributed by atoms with Gasteiger partial charge in [0.25, 0.3) is 0 Å². The van der Waals surface area contributed by atoms with Gasteiger partial charge in [0, 0.05) is 7.11 Å². The van der Waals surface area contributed by atoms with E-state index in [0.29, 0.717) is 12.4 Å². The second-order valence-electron chi connectivity index (χ2n) is 8.20. The number of anilines is 1. The Labute approximate surface area is 184 Å². The Hall–Kier alpha value is -2.70. The largest absolute Gasteiger partial charge is 0.388 e. The molecule has 0 aliphatic carbocycles.